The minimum absolute atomic E-state index is 0.314. The Morgan fingerprint density at radius 2 is 1.76 bits per heavy atom. The first-order valence-electron chi connectivity index (χ1n) is 9.49. The van der Waals surface area contributed by atoms with Gasteiger partial charge in [-0.05, 0) is 17.7 Å². The van der Waals surface area contributed by atoms with Crippen LogP contribution in [0.25, 0.3) is 0 Å². The summed E-state index contributed by atoms with van der Waals surface area (Å²) in [5.74, 6) is -1.57. The number of ether oxygens (including phenoxy) is 1. The fourth-order valence-corrected chi connectivity index (χ4v) is 3.82. The molecular weight excluding hydrogens is 463 g/mol. The van der Waals surface area contributed by atoms with Crippen LogP contribution in [0.15, 0.2) is 46.1 Å². The fourth-order valence-electron chi connectivity index (χ4n) is 3.14. The van der Waals surface area contributed by atoms with Crippen molar-refractivity contribution in [2.75, 3.05) is 11.9 Å². The predicted molar refractivity (Wildman–Crippen MR) is 111 cm³/mol. The van der Waals surface area contributed by atoms with Crippen molar-refractivity contribution in [3.63, 3.8) is 0 Å². The van der Waals surface area contributed by atoms with Gasteiger partial charge >= 0.3 is 13.3 Å². The smallest absolute Gasteiger partial charge is 0.330 e. The zero-order valence-electron chi connectivity index (χ0n) is 16.8. The Balaban J connectivity index is 1.55. The molecule has 2 aromatic rings. The first kappa shape index (κ1) is 24.5. The number of aliphatic hydroxyl groups is 2. The monoisotopic (exact) mass is 484 g/mol. The molecule has 4 atom stereocenters. The Hall–Kier alpha value is -3.13. The number of amides is 2. The fraction of sp³-hybridized carbons (Fsp3) is 0.333. The minimum atomic E-state index is -4.22. The molecule has 0 aliphatic carbocycles. The number of hydrogen-bond donors (Lipinski definition) is 7. The van der Waals surface area contributed by atoms with Crippen LogP contribution in [-0.2, 0) is 25.1 Å². The van der Waals surface area contributed by atoms with Crippen LogP contribution < -0.4 is 21.9 Å². The number of nitrogens with zero attached hydrogens (tertiary/aromatic N) is 1. The SMILES string of the molecule is O=C(CNC(=O)[C@H]1O[C@@H](n2ccc(=O)[nH]c2=O)[C@@H](O)[C@@H]1O)Nc1ccc(CP(=O)(O)O)cc1. The molecular formula is C18H21N4O10P. The molecule has 1 aliphatic heterocycles. The summed E-state index contributed by atoms with van der Waals surface area (Å²) in [6.45, 7) is -0.519. The molecule has 0 radical (unpaired) electrons. The van der Waals surface area contributed by atoms with Gasteiger partial charge in [0.05, 0.1) is 12.7 Å². The number of rotatable bonds is 7. The van der Waals surface area contributed by atoms with Gasteiger partial charge in [0, 0.05) is 18.0 Å². The molecule has 1 aliphatic rings. The topological polar surface area (TPSA) is 220 Å². The van der Waals surface area contributed by atoms with Crippen molar-refractivity contribution >= 4 is 25.1 Å². The summed E-state index contributed by atoms with van der Waals surface area (Å²) >= 11 is 0. The van der Waals surface area contributed by atoms with Crippen molar-refractivity contribution in [1.82, 2.24) is 14.9 Å². The molecule has 0 spiro atoms. The summed E-state index contributed by atoms with van der Waals surface area (Å²) in [4.78, 5) is 67.4. The molecule has 0 unspecified atom stereocenters. The summed E-state index contributed by atoms with van der Waals surface area (Å²) in [7, 11) is -4.22. The van der Waals surface area contributed by atoms with E-state index in [-0.39, 0.29) is 0 Å². The highest BCUT2D eigenvalue weighted by Crippen LogP contribution is 2.39. The van der Waals surface area contributed by atoms with Gasteiger partial charge in [-0.25, -0.2) is 4.79 Å². The molecule has 1 aromatic carbocycles. The normalized spacial score (nSPS) is 22.7. The number of anilines is 1. The Morgan fingerprint density at radius 1 is 1.09 bits per heavy atom. The number of carbonyl (C=O) groups is 2. The van der Waals surface area contributed by atoms with E-state index in [0.29, 0.717) is 11.3 Å². The molecule has 1 saturated heterocycles. The van der Waals surface area contributed by atoms with Crippen molar-refractivity contribution in [3.05, 3.63) is 62.9 Å². The average Bonchev–Trinajstić information content (AvgIpc) is 3.01. The van der Waals surface area contributed by atoms with E-state index in [2.05, 4.69) is 10.6 Å². The third-order valence-corrected chi connectivity index (χ3v) is 5.45. The van der Waals surface area contributed by atoms with E-state index >= 15 is 0 Å². The zero-order chi connectivity index (χ0) is 24.3. The standard InChI is InChI=1S/C18H21N4O10P/c23-11-5-6-22(18(28)21-11)17-14(26)13(25)15(32-17)16(27)19-7-12(24)20-10-3-1-9(2-4-10)8-33(29,30)31/h1-6,13-15,17,25-26H,7-8H2,(H,19,27)(H,20,24)(H,21,23,28)(H2,29,30,31)/t13-,14-,15-,17+/m0/s1. The first-order valence-corrected chi connectivity index (χ1v) is 11.3. The second-order valence-electron chi connectivity index (χ2n) is 7.23. The van der Waals surface area contributed by atoms with Gasteiger partial charge in [0.2, 0.25) is 5.91 Å². The number of aromatic nitrogens is 2. The number of hydrogen-bond acceptors (Lipinski definition) is 8. The van der Waals surface area contributed by atoms with Gasteiger partial charge in [0.15, 0.2) is 12.3 Å². The van der Waals surface area contributed by atoms with E-state index in [4.69, 9.17) is 14.5 Å². The van der Waals surface area contributed by atoms with Crippen LogP contribution in [0, 0.1) is 0 Å². The second kappa shape index (κ2) is 9.79. The van der Waals surface area contributed by atoms with E-state index in [1.807, 2.05) is 4.98 Å². The molecule has 0 bridgehead atoms. The Kier molecular flexibility index (Phi) is 7.27. The molecule has 2 amide bonds. The highest BCUT2D eigenvalue weighted by atomic mass is 31.2. The quantitative estimate of drug-likeness (QED) is 0.206. The molecule has 33 heavy (non-hydrogen) atoms. The van der Waals surface area contributed by atoms with Gasteiger partial charge in [-0.2, -0.15) is 0 Å². The molecule has 15 heteroatoms. The Morgan fingerprint density at radius 3 is 2.36 bits per heavy atom. The van der Waals surface area contributed by atoms with Crippen LogP contribution in [0.5, 0.6) is 0 Å². The lowest BCUT2D eigenvalue weighted by atomic mass is 10.1. The zero-order valence-corrected chi connectivity index (χ0v) is 17.7. The van der Waals surface area contributed by atoms with Crippen molar-refractivity contribution in [1.29, 1.82) is 0 Å². The Bertz CT molecular complexity index is 1190. The molecule has 1 fully saturated rings. The lowest BCUT2D eigenvalue weighted by Crippen LogP contribution is -2.45. The van der Waals surface area contributed by atoms with Crippen molar-refractivity contribution in [2.45, 2.75) is 30.7 Å². The van der Waals surface area contributed by atoms with Gasteiger partial charge in [-0.3, -0.25) is 28.5 Å². The number of aromatic amines is 1. The Labute approximate surface area is 185 Å². The van der Waals surface area contributed by atoms with E-state index < -0.39 is 67.9 Å². The van der Waals surface area contributed by atoms with Crippen molar-refractivity contribution < 1.29 is 38.9 Å². The highest BCUT2D eigenvalue weighted by Gasteiger charge is 2.47. The largest absolute Gasteiger partial charge is 0.387 e. The van der Waals surface area contributed by atoms with Gasteiger partial charge in [0.25, 0.3) is 11.5 Å². The molecule has 0 saturated carbocycles. The summed E-state index contributed by atoms with van der Waals surface area (Å²) in [6, 6.07) is 6.71. The third-order valence-electron chi connectivity index (χ3n) is 4.67. The van der Waals surface area contributed by atoms with E-state index in [1.165, 1.54) is 24.3 Å². The summed E-state index contributed by atoms with van der Waals surface area (Å²) in [5.41, 5.74) is -0.905. The first-order chi connectivity index (χ1) is 15.4. The lowest BCUT2D eigenvalue weighted by Gasteiger charge is -2.16. The molecule has 7 N–H and O–H groups in total. The number of benzene rings is 1. The van der Waals surface area contributed by atoms with Crippen LogP contribution in [0.4, 0.5) is 5.69 Å². The van der Waals surface area contributed by atoms with Crippen molar-refractivity contribution in [2.24, 2.45) is 0 Å². The maximum absolute atomic E-state index is 12.3. The summed E-state index contributed by atoms with van der Waals surface area (Å²) < 4.78 is 17.1. The van der Waals surface area contributed by atoms with Crippen molar-refractivity contribution in [3.8, 4) is 0 Å². The summed E-state index contributed by atoms with van der Waals surface area (Å²) in [6.07, 6.45) is -5.81. The second-order valence-corrected chi connectivity index (χ2v) is 8.88. The number of aliphatic hydroxyl groups excluding tert-OH is 2. The number of H-pyrrole nitrogens is 1. The molecule has 3 rings (SSSR count). The van der Waals surface area contributed by atoms with Gasteiger partial charge < -0.3 is 35.4 Å². The predicted octanol–water partition coefficient (Wildman–Crippen LogP) is -2.41. The van der Waals surface area contributed by atoms with Crippen LogP contribution in [-0.4, -0.2) is 66.2 Å². The third kappa shape index (κ3) is 6.22. The highest BCUT2D eigenvalue weighted by molar-refractivity contribution is 7.50. The van der Waals surface area contributed by atoms with Crippen LogP contribution >= 0.6 is 7.60 Å². The van der Waals surface area contributed by atoms with Gasteiger partial charge in [0.1, 0.15) is 12.2 Å². The summed E-state index contributed by atoms with van der Waals surface area (Å²) in [5, 5.41) is 25.0. The minimum Gasteiger partial charge on any atom is -0.387 e. The lowest BCUT2D eigenvalue weighted by molar-refractivity contribution is -0.138. The molecule has 14 nitrogen and oxygen atoms in total. The maximum Gasteiger partial charge on any atom is 0.330 e. The van der Waals surface area contributed by atoms with E-state index in [1.54, 1.807) is 0 Å². The molecule has 2 heterocycles. The number of nitrogens with one attached hydrogen (secondary N) is 3. The maximum atomic E-state index is 12.3. The van der Waals surface area contributed by atoms with Gasteiger partial charge in [-0.15, -0.1) is 0 Å². The van der Waals surface area contributed by atoms with Gasteiger partial charge in [-0.1, -0.05) is 12.1 Å². The van der Waals surface area contributed by atoms with Crippen LogP contribution in [0.1, 0.15) is 11.8 Å². The number of carbonyl (C=O) groups excluding carboxylic acids is 2. The molecule has 1 aromatic heterocycles. The molecule has 178 valence electrons. The van der Waals surface area contributed by atoms with E-state index in [9.17, 15) is 34.0 Å². The van der Waals surface area contributed by atoms with Crippen LogP contribution in [0.3, 0.4) is 0 Å². The average molecular weight is 484 g/mol. The van der Waals surface area contributed by atoms with E-state index in [0.717, 1.165) is 16.8 Å². The van der Waals surface area contributed by atoms with Crippen LogP contribution in [0.2, 0.25) is 0 Å².